The number of nitrogens with zero attached hydrogens (tertiary/aromatic N) is 4. The Morgan fingerprint density at radius 2 is 1.91 bits per heavy atom. The number of aromatic nitrogens is 4. The van der Waals surface area contributed by atoms with E-state index in [0.717, 1.165) is 35.3 Å². The first-order valence-electron chi connectivity index (χ1n) is 11.4. The summed E-state index contributed by atoms with van der Waals surface area (Å²) in [5.41, 5.74) is 3.74. The molecule has 1 saturated heterocycles. The molecule has 4 aromatic rings. The number of halogens is 1. The van der Waals surface area contributed by atoms with Crippen LogP contribution in [0.25, 0.3) is 34.2 Å². The molecule has 1 aliphatic rings. The number of carbonyl (C=O) groups is 1. The topological polar surface area (TPSA) is 128 Å². The van der Waals surface area contributed by atoms with Crippen molar-refractivity contribution < 1.29 is 19.5 Å². The zero-order valence-electron chi connectivity index (χ0n) is 18.8. The van der Waals surface area contributed by atoms with E-state index in [1.54, 1.807) is 12.1 Å². The van der Waals surface area contributed by atoms with Crippen LogP contribution in [0.3, 0.4) is 0 Å². The van der Waals surface area contributed by atoms with Gasteiger partial charge in [-0.1, -0.05) is 53.2 Å². The molecular formula is C25H24ClN5O4. The highest BCUT2D eigenvalue weighted by molar-refractivity contribution is 6.30. The summed E-state index contributed by atoms with van der Waals surface area (Å²) in [5.74, 6) is -0.411. The van der Waals surface area contributed by atoms with E-state index in [9.17, 15) is 15.0 Å². The fourth-order valence-corrected chi connectivity index (χ4v) is 4.40. The van der Waals surface area contributed by atoms with Crippen LogP contribution in [0.15, 0.2) is 59.1 Å². The summed E-state index contributed by atoms with van der Waals surface area (Å²) in [4.78, 5) is 17.8. The van der Waals surface area contributed by atoms with Crippen LogP contribution in [-0.2, 0) is 4.79 Å². The van der Waals surface area contributed by atoms with Crippen LogP contribution < -0.4 is 0 Å². The summed E-state index contributed by atoms with van der Waals surface area (Å²) in [7, 11) is 0. The van der Waals surface area contributed by atoms with Gasteiger partial charge < -0.3 is 14.7 Å². The number of likely N-dealkylation sites (tertiary alicyclic amines) is 1. The number of carboxylic acids is 1. The quantitative estimate of drug-likeness (QED) is 0.348. The number of benzene rings is 2. The molecule has 0 bridgehead atoms. The lowest BCUT2D eigenvalue weighted by Gasteiger charge is -2.32. The molecule has 0 spiro atoms. The van der Waals surface area contributed by atoms with E-state index >= 15 is 0 Å². The summed E-state index contributed by atoms with van der Waals surface area (Å²) in [6.07, 6.45) is 0.790. The van der Waals surface area contributed by atoms with Gasteiger partial charge in [0.1, 0.15) is 5.69 Å². The van der Waals surface area contributed by atoms with Crippen molar-refractivity contribution in [2.45, 2.75) is 18.9 Å². The highest BCUT2D eigenvalue weighted by Crippen LogP contribution is 2.27. The normalized spacial score (nSPS) is 17.4. The third-order valence-electron chi connectivity index (χ3n) is 6.21. The molecule has 0 aliphatic carbocycles. The van der Waals surface area contributed by atoms with E-state index in [-0.39, 0.29) is 5.92 Å². The molecule has 0 amide bonds. The Balaban J connectivity index is 1.25. The van der Waals surface area contributed by atoms with Crippen molar-refractivity contribution in [3.05, 3.63) is 65.2 Å². The molecule has 10 heteroatoms. The zero-order chi connectivity index (χ0) is 24.4. The minimum Gasteiger partial charge on any atom is -0.481 e. The lowest BCUT2D eigenvalue weighted by molar-refractivity contribution is -0.143. The fourth-order valence-electron chi connectivity index (χ4n) is 4.28. The van der Waals surface area contributed by atoms with E-state index in [1.807, 2.05) is 47.4 Å². The second-order valence-electron chi connectivity index (χ2n) is 8.67. The highest BCUT2D eigenvalue weighted by Gasteiger charge is 2.26. The molecule has 180 valence electrons. The molecule has 35 heavy (non-hydrogen) atoms. The van der Waals surface area contributed by atoms with Crippen LogP contribution in [0.2, 0.25) is 5.02 Å². The number of aromatic amines is 1. The first-order valence-corrected chi connectivity index (χ1v) is 11.7. The molecule has 9 nitrogen and oxygen atoms in total. The largest absolute Gasteiger partial charge is 0.481 e. The summed E-state index contributed by atoms with van der Waals surface area (Å²) >= 11 is 5.95. The highest BCUT2D eigenvalue weighted by atomic mass is 35.5. The molecule has 2 atom stereocenters. The maximum absolute atomic E-state index is 11.3. The third kappa shape index (κ3) is 5.27. The molecule has 1 fully saturated rings. The minimum absolute atomic E-state index is 0.315. The van der Waals surface area contributed by atoms with Crippen molar-refractivity contribution >= 4 is 17.6 Å². The zero-order valence-corrected chi connectivity index (χ0v) is 19.5. The molecule has 0 radical (unpaired) electrons. The van der Waals surface area contributed by atoms with E-state index in [1.165, 1.54) is 0 Å². The molecular weight excluding hydrogens is 470 g/mol. The second kappa shape index (κ2) is 9.99. The number of nitrogens with one attached hydrogen (secondary N) is 1. The van der Waals surface area contributed by atoms with Crippen molar-refractivity contribution in [1.82, 2.24) is 25.2 Å². The maximum Gasteiger partial charge on any atom is 0.307 e. The van der Waals surface area contributed by atoms with Crippen molar-refractivity contribution in [1.29, 1.82) is 0 Å². The van der Waals surface area contributed by atoms with Gasteiger partial charge in [-0.2, -0.15) is 10.1 Å². The molecule has 1 unspecified atom stereocenters. The Hall–Kier alpha value is -3.53. The van der Waals surface area contributed by atoms with E-state index in [2.05, 4.69) is 20.3 Å². The number of H-pyrrole nitrogens is 1. The SMILES string of the molecule is O=C(O)[C@H]1CCCN(CC(O)c2ccc(-c3noc(-c4cc(-c5ccc(Cl)cc5)n[nH]4)n3)cc2)C1. The van der Waals surface area contributed by atoms with Crippen LogP contribution in [0.1, 0.15) is 24.5 Å². The Bertz CT molecular complexity index is 1300. The lowest BCUT2D eigenvalue weighted by atomic mass is 9.97. The predicted octanol–water partition coefficient (Wildman–Crippen LogP) is 4.28. The Morgan fingerprint density at radius 3 is 2.66 bits per heavy atom. The molecule has 3 heterocycles. The number of aliphatic hydroxyl groups is 1. The number of piperidine rings is 1. The van der Waals surface area contributed by atoms with Gasteiger partial charge in [0.25, 0.3) is 5.89 Å². The van der Waals surface area contributed by atoms with E-state index < -0.39 is 12.1 Å². The molecule has 0 saturated carbocycles. The van der Waals surface area contributed by atoms with Crippen LogP contribution in [0.5, 0.6) is 0 Å². The Morgan fingerprint density at radius 1 is 1.17 bits per heavy atom. The van der Waals surface area contributed by atoms with Gasteiger partial charge in [0.2, 0.25) is 5.82 Å². The monoisotopic (exact) mass is 493 g/mol. The Kier molecular flexibility index (Phi) is 6.63. The van der Waals surface area contributed by atoms with Gasteiger partial charge in [-0.05, 0) is 43.1 Å². The van der Waals surface area contributed by atoms with Gasteiger partial charge in [-0.3, -0.25) is 14.8 Å². The standard InChI is InChI=1S/C25H24ClN5O4/c26-19-9-7-15(8-10-19)20-12-21(29-28-20)24-27-23(30-35-24)17-5-3-16(4-6-17)22(32)14-31-11-1-2-18(13-31)25(33)34/h3-10,12,18,22,32H,1-2,11,13-14H2,(H,28,29)(H,33,34)/t18-,22?/m0/s1. The number of rotatable bonds is 7. The van der Waals surface area contributed by atoms with E-state index in [4.69, 9.17) is 16.1 Å². The fraction of sp³-hybridized carbons (Fsp3) is 0.280. The molecule has 3 N–H and O–H groups in total. The number of aliphatic hydroxyl groups excluding tert-OH is 1. The number of aliphatic carboxylic acids is 1. The van der Waals surface area contributed by atoms with Crippen molar-refractivity contribution in [2.24, 2.45) is 5.92 Å². The van der Waals surface area contributed by atoms with Gasteiger partial charge in [0, 0.05) is 29.2 Å². The summed E-state index contributed by atoms with van der Waals surface area (Å²) in [6.45, 7) is 1.65. The van der Waals surface area contributed by atoms with Crippen LogP contribution in [0, 0.1) is 5.92 Å². The second-order valence-corrected chi connectivity index (χ2v) is 9.11. The van der Waals surface area contributed by atoms with Gasteiger partial charge >= 0.3 is 5.97 Å². The van der Waals surface area contributed by atoms with Crippen LogP contribution in [0.4, 0.5) is 0 Å². The molecule has 1 aliphatic heterocycles. The smallest absolute Gasteiger partial charge is 0.307 e. The minimum atomic E-state index is -0.774. The van der Waals surface area contributed by atoms with Crippen molar-refractivity contribution in [3.8, 4) is 34.2 Å². The summed E-state index contributed by atoms with van der Waals surface area (Å²) < 4.78 is 5.42. The predicted molar refractivity (Wildman–Crippen MR) is 130 cm³/mol. The maximum atomic E-state index is 11.3. The number of β-amino-alcohol motifs (C(OH)–C–C–N with tert-alkyl or cyclic N) is 1. The Labute approximate surface area is 206 Å². The number of carboxylic acid groups (broad SMARTS) is 1. The summed E-state index contributed by atoms with van der Waals surface area (Å²) in [5, 5.41) is 31.9. The van der Waals surface area contributed by atoms with Gasteiger partial charge in [-0.25, -0.2) is 0 Å². The van der Waals surface area contributed by atoms with Gasteiger partial charge in [-0.15, -0.1) is 0 Å². The first kappa shape index (κ1) is 23.2. The summed E-state index contributed by atoms with van der Waals surface area (Å²) in [6, 6.07) is 16.5. The van der Waals surface area contributed by atoms with Crippen LogP contribution >= 0.6 is 11.6 Å². The first-order chi connectivity index (χ1) is 17.0. The molecule has 5 rings (SSSR count). The number of hydrogen-bond donors (Lipinski definition) is 3. The third-order valence-corrected chi connectivity index (χ3v) is 6.47. The average Bonchev–Trinajstić information content (AvgIpc) is 3.55. The van der Waals surface area contributed by atoms with Crippen LogP contribution in [-0.4, -0.2) is 61.1 Å². The van der Waals surface area contributed by atoms with E-state index in [0.29, 0.717) is 41.9 Å². The molecule has 2 aromatic heterocycles. The van der Waals surface area contributed by atoms with Crippen molar-refractivity contribution in [3.63, 3.8) is 0 Å². The molecule has 2 aromatic carbocycles. The lowest BCUT2D eigenvalue weighted by Crippen LogP contribution is -2.40. The van der Waals surface area contributed by atoms with Gasteiger partial charge in [0.05, 0.1) is 17.7 Å². The number of hydrogen-bond acceptors (Lipinski definition) is 7. The van der Waals surface area contributed by atoms with Gasteiger partial charge in [0.15, 0.2) is 0 Å². The van der Waals surface area contributed by atoms with Crippen molar-refractivity contribution in [2.75, 3.05) is 19.6 Å². The average molecular weight is 494 g/mol.